The van der Waals surface area contributed by atoms with E-state index in [1.807, 2.05) is 23.1 Å². The maximum Gasteiger partial charge on any atom is 0.0666 e. The molecule has 1 N–H and O–H groups in total. The summed E-state index contributed by atoms with van der Waals surface area (Å²) >= 11 is 1.91. The van der Waals surface area contributed by atoms with Gasteiger partial charge in [-0.1, -0.05) is 6.92 Å². The van der Waals surface area contributed by atoms with Crippen LogP contribution in [0, 0.1) is 0 Å². The predicted octanol–water partition coefficient (Wildman–Crippen LogP) is 3.21. The molecule has 2 heterocycles. The highest BCUT2D eigenvalue weighted by molar-refractivity contribution is 7.10. The van der Waals surface area contributed by atoms with Gasteiger partial charge in [0.2, 0.25) is 0 Å². The van der Waals surface area contributed by atoms with Crippen molar-refractivity contribution in [3.63, 3.8) is 0 Å². The van der Waals surface area contributed by atoms with Crippen molar-refractivity contribution in [2.45, 2.75) is 45.2 Å². The molecule has 0 spiro atoms. The molecule has 19 heavy (non-hydrogen) atoms. The number of nitrogens with one attached hydrogen (secondary N) is 1. The van der Waals surface area contributed by atoms with E-state index in [0.717, 1.165) is 13.0 Å². The number of hydrogen-bond donors (Lipinski definition) is 1. The van der Waals surface area contributed by atoms with Gasteiger partial charge in [-0.25, -0.2) is 0 Å². The van der Waals surface area contributed by atoms with Gasteiger partial charge in [-0.3, -0.25) is 4.68 Å². The Balaban J connectivity index is 1.70. The minimum Gasteiger partial charge on any atom is -0.306 e. The number of hydrogen-bond acceptors (Lipinski definition) is 3. The Morgan fingerprint density at radius 2 is 2.42 bits per heavy atom. The van der Waals surface area contributed by atoms with E-state index < -0.39 is 0 Å². The third-order valence-corrected chi connectivity index (χ3v) is 4.91. The van der Waals surface area contributed by atoms with E-state index in [9.17, 15) is 0 Å². The van der Waals surface area contributed by atoms with Crippen LogP contribution in [-0.2, 0) is 26.4 Å². The molecule has 4 heteroatoms. The molecule has 0 bridgehead atoms. The zero-order valence-corrected chi connectivity index (χ0v) is 12.5. The lowest BCUT2D eigenvalue weighted by Crippen LogP contribution is -2.24. The molecule has 1 atom stereocenters. The van der Waals surface area contributed by atoms with E-state index in [0.29, 0.717) is 6.04 Å². The molecule has 0 aliphatic heterocycles. The Kier molecular flexibility index (Phi) is 3.71. The average molecular weight is 275 g/mol. The van der Waals surface area contributed by atoms with Gasteiger partial charge in [0, 0.05) is 36.3 Å². The third-order valence-electron chi connectivity index (χ3n) is 3.92. The third kappa shape index (κ3) is 2.60. The number of fused-ring (bicyclic) bond motifs is 1. The quantitative estimate of drug-likeness (QED) is 0.928. The van der Waals surface area contributed by atoms with E-state index in [4.69, 9.17) is 0 Å². The number of aromatic nitrogens is 2. The van der Waals surface area contributed by atoms with Gasteiger partial charge in [0.05, 0.1) is 5.69 Å². The Hall–Kier alpha value is -1.13. The van der Waals surface area contributed by atoms with Gasteiger partial charge in [-0.2, -0.15) is 5.10 Å². The molecular weight excluding hydrogens is 254 g/mol. The maximum atomic E-state index is 4.51. The van der Waals surface area contributed by atoms with E-state index in [1.165, 1.54) is 36.1 Å². The molecule has 3 rings (SSSR count). The van der Waals surface area contributed by atoms with Gasteiger partial charge < -0.3 is 5.32 Å². The lowest BCUT2D eigenvalue weighted by atomic mass is 9.94. The fourth-order valence-corrected chi connectivity index (χ4v) is 3.95. The molecule has 3 nitrogen and oxygen atoms in total. The van der Waals surface area contributed by atoms with Crippen LogP contribution in [0.1, 0.15) is 47.5 Å². The predicted molar refractivity (Wildman–Crippen MR) is 79.4 cm³/mol. The van der Waals surface area contributed by atoms with Crippen LogP contribution in [0.15, 0.2) is 17.6 Å². The summed E-state index contributed by atoms with van der Waals surface area (Å²) in [5.41, 5.74) is 4.09. The summed E-state index contributed by atoms with van der Waals surface area (Å²) in [6, 6.07) is 2.82. The first-order chi connectivity index (χ1) is 9.28. The molecule has 0 fully saturated rings. The van der Waals surface area contributed by atoms with Crippen LogP contribution in [0.4, 0.5) is 0 Å². The molecule has 0 amide bonds. The second kappa shape index (κ2) is 5.47. The molecular formula is C15H21N3S. The van der Waals surface area contributed by atoms with E-state index in [-0.39, 0.29) is 0 Å². The van der Waals surface area contributed by atoms with Crippen molar-refractivity contribution in [2.75, 3.05) is 0 Å². The molecule has 0 radical (unpaired) electrons. The van der Waals surface area contributed by atoms with Crippen LogP contribution in [0.3, 0.4) is 0 Å². The largest absolute Gasteiger partial charge is 0.306 e. The summed E-state index contributed by atoms with van der Waals surface area (Å²) in [7, 11) is 2.00. The summed E-state index contributed by atoms with van der Waals surface area (Å²) in [5, 5.41) is 10.5. The Bertz CT molecular complexity index is 555. The molecule has 1 aliphatic carbocycles. The fourth-order valence-electron chi connectivity index (χ4n) is 2.96. The number of aryl methyl sites for hydroxylation is 3. The highest BCUT2D eigenvalue weighted by Gasteiger charge is 2.21. The fraction of sp³-hybridized carbons (Fsp3) is 0.533. The highest BCUT2D eigenvalue weighted by Crippen LogP contribution is 2.33. The van der Waals surface area contributed by atoms with E-state index >= 15 is 0 Å². The molecule has 0 saturated carbocycles. The van der Waals surface area contributed by atoms with Gasteiger partial charge in [0.25, 0.3) is 0 Å². The average Bonchev–Trinajstić information content (AvgIpc) is 3.02. The van der Waals surface area contributed by atoms with Crippen LogP contribution in [0.2, 0.25) is 0 Å². The van der Waals surface area contributed by atoms with Crippen LogP contribution in [0.25, 0.3) is 0 Å². The Morgan fingerprint density at radius 3 is 3.26 bits per heavy atom. The first-order valence-corrected chi connectivity index (χ1v) is 7.97. The van der Waals surface area contributed by atoms with Gasteiger partial charge >= 0.3 is 0 Å². The maximum absolute atomic E-state index is 4.51. The lowest BCUT2D eigenvalue weighted by Gasteiger charge is -2.23. The van der Waals surface area contributed by atoms with Crippen molar-refractivity contribution < 1.29 is 0 Å². The second-order valence-corrected chi connectivity index (χ2v) is 6.25. The summed E-state index contributed by atoms with van der Waals surface area (Å²) in [6.07, 6.45) is 6.97. The highest BCUT2D eigenvalue weighted by atomic mass is 32.1. The van der Waals surface area contributed by atoms with Crippen molar-refractivity contribution in [2.24, 2.45) is 7.05 Å². The zero-order chi connectivity index (χ0) is 13.2. The summed E-state index contributed by atoms with van der Waals surface area (Å²) < 4.78 is 1.92. The molecule has 2 aromatic rings. The molecule has 102 valence electrons. The standard InChI is InChI=1S/C15H21N3S/c1-3-13-11(10-18(2)17-13)9-16-14-5-4-6-15-12(14)7-8-19-15/h7-8,10,14,16H,3-6,9H2,1-2H3. The van der Waals surface area contributed by atoms with E-state index in [1.54, 1.807) is 4.88 Å². The van der Waals surface area contributed by atoms with Gasteiger partial charge in [0.1, 0.15) is 0 Å². The molecule has 1 aliphatic rings. The first kappa shape index (κ1) is 12.9. The minimum atomic E-state index is 0.528. The van der Waals surface area contributed by atoms with Gasteiger partial charge in [0.15, 0.2) is 0 Å². The summed E-state index contributed by atoms with van der Waals surface area (Å²) in [5.74, 6) is 0. The summed E-state index contributed by atoms with van der Waals surface area (Å²) in [6.45, 7) is 3.10. The summed E-state index contributed by atoms with van der Waals surface area (Å²) in [4.78, 5) is 1.57. The van der Waals surface area contributed by atoms with Crippen LogP contribution >= 0.6 is 11.3 Å². The van der Waals surface area contributed by atoms with E-state index in [2.05, 4.69) is 35.0 Å². The van der Waals surface area contributed by atoms with Crippen molar-refractivity contribution >= 4 is 11.3 Å². The Morgan fingerprint density at radius 1 is 1.53 bits per heavy atom. The first-order valence-electron chi connectivity index (χ1n) is 7.09. The van der Waals surface area contributed by atoms with Crippen LogP contribution < -0.4 is 5.32 Å². The number of nitrogens with zero attached hydrogens (tertiary/aromatic N) is 2. The van der Waals surface area contributed by atoms with Crippen molar-refractivity contribution in [1.29, 1.82) is 0 Å². The topological polar surface area (TPSA) is 29.9 Å². The monoisotopic (exact) mass is 275 g/mol. The normalized spacial score (nSPS) is 18.5. The second-order valence-electron chi connectivity index (χ2n) is 5.25. The van der Waals surface area contributed by atoms with Crippen LogP contribution in [0.5, 0.6) is 0 Å². The SMILES string of the molecule is CCc1nn(C)cc1CNC1CCCc2sccc21. The Labute approximate surface area is 118 Å². The number of thiophene rings is 1. The molecule has 0 saturated heterocycles. The number of rotatable bonds is 4. The van der Waals surface area contributed by atoms with Crippen LogP contribution in [-0.4, -0.2) is 9.78 Å². The zero-order valence-electron chi connectivity index (χ0n) is 11.6. The smallest absolute Gasteiger partial charge is 0.0666 e. The van der Waals surface area contributed by atoms with Gasteiger partial charge in [-0.05, 0) is 42.7 Å². The van der Waals surface area contributed by atoms with Crippen molar-refractivity contribution in [1.82, 2.24) is 15.1 Å². The molecule has 2 aromatic heterocycles. The van der Waals surface area contributed by atoms with Gasteiger partial charge in [-0.15, -0.1) is 11.3 Å². The molecule has 1 unspecified atom stereocenters. The van der Waals surface area contributed by atoms with Crippen molar-refractivity contribution in [3.8, 4) is 0 Å². The van der Waals surface area contributed by atoms with Crippen molar-refractivity contribution in [3.05, 3.63) is 39.3 Å². The lowest BCUT2D eigenvalue weighted by molar-refractivity contribution is 0.462. The minimum absolute atomic E-state index is 0.528. The molecule has 0 aromatic carbocycles.